The molecule has 0 unspecified atom stereocenters. The molecule has 0 N–H and O–H groups in total. The summed E-state index contributed by atoms with van der Waals surface area (Å²) in [6.07, 6.45) is 11.3. The van der Waals surface area contributed by atoms with Gasteiger partial charge in [-0.3, -0.25) is 9.48 Å². The Morgan fingerprint density at radius 2 is 2.08 bits per heavy atom. The fraction of sp³-hybridized carbons (Fsp3) is 0.529. The van der Waals surface area contributed by atoms with Gasteiger partial charge in [-0.2, -0.15) is 5.10 Å². The predicted molar refractivity (Wildman–Crippen MR) is 89.1 cm³/mol. The van der Waals surface area contributed by atoms with Crippen molar-refractivity contribution >= 4 is 12.0 Å². The van der Waals surface area contributed by atoms with Crippen LogP contribution in [0.2, 0.25) is 0 Å². The number of rotatable bonds is 3. The summed E-state index contributed by atoms with van der Waals surface area (Å²) in [5.41, 5.74) is 0.944. The number of piperidine rings is 1. The molecule has 0 aromatic carbocycles. The number of hydrogen-bond acceptors (Lipinski definition) is 4. The zero-order valence-corrected chi connectivity index (χ0v) is 13.9. The van der Waals surface area contributed by atoms with Crippen molar-refractivity contribution in [1.29, 1.82) is 0 Å². The van der Waals surface area contributed by atoms with Crippen molar-refractivity contribution in [2.45, 2.75) is 38.1 Å². The second-order valence-electron chi connectivity index (χ2n) is 6.61. The molecule has 0 aliphatic carbocycles. The highest BCUT2D eigenvalue weighted by Crippen LogP contribution is 2.29. The largest absolute Gasteiger partial charge is 0.339 e. The SMILES string of the molecule is Cn1cc(/C=C/C(=O)N2CCC(c3nnc4n3CCC4)CC2)cn1. The molecule has 1 saturated heterocycles. The molecule has 0 saturated carbocycles. The van der Waals surface area contributed by atoms with Gasteiger partial charge < -0.3 is 9.47 Å². The Labute approximate surface area is 141 Å². The quantitative estimate of drug-likeness (QED) is 0.799. The third-order valence-electron chi connectivity index (χ3n) is 4.95. The number of carbonyl (C=O) groups excluding carboxylic acids is 1. The van der Waals surface area contributed by atoms with Crippen LogP contribution >= 0.6 is 0 Å². The van der Waals surface area contributed by atoms with E-state index < -0.39 is 0 Å². The van der Waals surface area contributed by atoms with E-state index in [2.05, 4.69) is 19.9 Å². The molecule has 7 nitrogen and oxygen atoms in total. The van der Waals surface area contributed by atoms with Crippen molar-refractivity contribution in [3.05, 3.63) is 35.7 Å². The number of amides is 1. The summed E-state index contributed by atoms with van der Waals surface area (Å²) in [4.78, 5) is 14.3. The van der Waals surface area contributed by atoms with Crippen molar-refractivity contribution in [3.8, 4) is 0 Å². The number of carbonyl (C=O) groups is 1. The maximum absolute atomic E-state index is 12.3. The number of likely N-dealkylation sites (tertiary alicyclic amines) is 1. The minimum absolute atomic E-state index is 0.0729. The van der Waals surface area contributed by atoms with E-state index in [0.29, 0.717) is 5.92 Å². The molecule has 2 aromatic heterocycles. The first-order valence-electron chi connectivity index (χ1n) is 8.58. The fourth-order valence-corrected chi connectivity index (χ4v) is 3.63. The second kappa shape index (κ2) is 6.22. The highest BCUT2D eigenvalue weighted by Gasteiger charge is 2.28. The minimum atomic E-state index is 0.0729. The van der Waals surface area contributed by atoms with Crippen LogP contribution in [0.4, 0.5) is 0 Å². The summed E-state index contributed by atoms with van der Waals surface area (Å²) in [5.74, 6) is 2.75. The van der Waals surface area contributed by atoms with Gasteiger partial charge in [-0.25, -0.2) is 0 Å². The van der Waals surface area contributed by atoms with E-state index in [9.17, 15) is 4.79 Å². The van der Waals surface area contributed by atoms with Gasteiger partial charge in [0.25, 0.3) is 0 Å². The molecule has 0 bridgehead atoms. The summed E-state index contributed by atoms with van der Waals surface area (Å²) in [6, 6.07) is 0. The van der Waals surface area contributed by atoms with E-state index in [4.69, 9.17) is 0 Å². The van der Waals surface area contributed by atoms with Gasteiger partial charge in [-0.15, -0.1) is 10.2 Å². The van der Waals surface area contributed by atoms with Gasteiger partial charge >= 0.3 is 0 Å². The Hall–Kier alpha value is -2.44. The Morgan fingerprint density at radius 3 is 2.83 bits per heavy atom. The summed E-state index contributed by atoms with van der Waals surface area (Å²) in [6.45, 7) is 2.61. The van der Waals surface area contributed by atoms with E-state index in [1.54, 1.807) is 17.0 Å². The molecule has 2 aliphatic rings. The molecular weight excluding hydrogens is 304 g/mol. The molecule has 1 amide bonds. The first-order valence-corrected chi connectivity index (χ1v) is 8.58. The first-order chi connectivity index (χ1) is 11.7. The van der Waals surface area contributed by atoms with Gasteiger partial charge in [-0.1, -0.05) is 0 Å². The van der Waals surface area contributed by atoms with E-state index >= 15 is 0 Å². The lowest BCUT2D eigenvalue weighted by atomic mass is 9.96. The van der Waals surface area contributed by atoms with Gasteiger partial charge in [0.2, 0.25) is 5.91 Å². The molecule has 0 spiro atoms. The van der Waals surface area contributed by atoms with Crippen molar-refractivity contribution in [2.75, 3.05) is 13.1 Å². The highest BCUT2D eigenvalue weighted by molar-refractivity contribution is 5.91. The van der Waals surface area contributed by atoms with Crippen LogP contribution in [0, 0.1) is 0 Å². The van der Waals surface area contributed by atoms with Crippen LogP contribution in [0.3, 0.4) is 0 Å². The maximum atomic E-state index is 12.3. The molecule has 0 radical (unpaired) electrons. The Morgan fingerprint density at radius 1 is 1.25 bits per heavy atom. The van der Waals surface area contributed by atoms with Crippen LogP contribution in [0.1, 0.15) is 42.4 Å². The van der Waals surface area contributed by atoms with Gasteiger partial charge in [-0.05, 0) is 25.3 Å². The van der Waals surface area contributed by atoms with Crippen LogP contribution in [0.5, 0.6) is 0 Å². The first kappa shape index (κ1) is 15.1. The zero-order chi connectivity index (χ0) is 16.5. The predicted octanol–water partition coefficient (Wildman–Crippen LogP) is 1.38. The molecular formula is C17H22N6O. The molecule has 2 aliphatic heterocycles. The van der Waals surface area contributed by atoms with E-state index in [1.807, 2.05) is 24.2 Å². The molecule has 0 atom stereocenters. The lowest BCUT2D eigenvalue weighted by Crippen LogP contribution is -2.37. The smallest absolute Gasteiger partial charge is 0.246 e. The van der Waals surface area contributed by atoms with Crippen molar-refractivity contribution < 1.29 is 4.79 Å². The van der Waals surface area contributed by atoms with E-state index in [0.717, 1.165) is 56.1 Å². The van der Waals surface area contributed by atoms with Crippen LogP contribution < -0.4 is 0 Å². The average molecular weight is 326 g/mol. The Balaban J connectivity index is 1.35. The van der Waals surface area contributed by atoms with Gasteiger partial charge in [0.1, 0.15) is 11.6 Å². The Kier molecular flexibility index (Phi) is 3.92. The average Bonchev–Trinajstić information content (AvgIpc) is 3.29. The molecule has 24 heavy (non-hydrogen) atoms. The lowest BCUT2D eigenvalue weighted by Gasteiger charge is -2.30. The maximum Gasteiger partial charge on any atom is 0.246 e. The number of nitrogens with zero attached hydrogens (tertiary/aromatic N) is 6. The van der Waals surface area contributed by atoms with E-state index in [1.165, 1.54) is 6.42 Å². The lowest BCUT2D eigenvalue weighted by molar-refractivity contribution is -0.127. The van der Waals surface area contributed by atoms with Crippen LogP contribution in [-0.4, -0.2) is 48.4 Å². The highest BCUT2D eigenvalue weighted by atomic mass is 16.2. The van der Waals surface area contributed by atoms with Crippen molar-refractivity contribution in [2.24, 2.45) is 7.05 Å². The van der Waals surface area contributed by atoms with Crippen molar-refractivity contribution in [1.82, 2.24) is 29.4 Å². The van der Waals surface area contributed by atoms with Gasteiger partial charge in [0.05, 0.1) is 6.20 Å². The number of hydrogen-bond donors (Lipinski definition) is 0. The molecule has 4 rings (SSSR count). The summed E-state index contributed by atoms with van der Waals surface area (Å²) in [5, 5.41) is 12.8. The molecule has 2 aromatic rings. The van der Waals surface area contributed by atoms with E-state index in [-0.39, 0.29) is 5.91 Å². The second-order valence-corrected chi connectivity index (χ2v) is 6.61. The van der Waals surface area contributed by atoms with Crippen LogP contribution in [0.25, 0.3) is 6.08 Å². The monoisotopic (exact) mass is 326 g/mol. The number of fused-ring (bicyclic) bond motifs is 1. The van der Waals surface area contributed by atoms with Crippen molar-refractivity contribution in [3.63, 3.8) is 0 Å². The molecule has 1 fully saturated rings. The van der Waals surface area contributed by atoms with Gasteiger partial charge in [0, 0.05) is 56.9 Å². The molecule has 7 heteroatoms. The normalized spacial score (nSPS) is 18.5. The zero-order valence-electron chi connectivity index (χ0n) is 13.9. The summed E-state index contributed by atoms with van der Waals surface area (Å²) in [7, 11) is 1.87. The summed E-state index contributed by atoms with van der Waals surface area (Å²) >= 11 is 0. The third-order valence-corrected chi connectivity index (χ3v) is 4.95. The molecule has 126 valence electrons. The standard InChI is InChI=1S/C17H22N6O/c1-21-12-13(11-18-21)4-5-16(24)22-9-6-14(7-10-22)17-20-19-15-3-2-8-23(15)17/h4-5,11-12,14H,2-3,6-10H2,1H3/b5-4+. The topological polar surface area (TPSA) is 68.8 Å². The molecule has 4 heterocycles. The fourth-order valence-electron chi connectivity index (χ4n) is 3.63. The Bertz CT molecular complexity index is 766. The number of aryl methyl sites for hydroxylation is 2. The summed E-state index contributed by atoms with van der Waals surface area (Å²) < 4.78 is 4.01. The third kappa shape index (κ3) is 2.86. The van der Waals surface area contributed by atoms with Gasteiger partial charge in [0.15, 0.2) is 0 Å². The van der Waals surface area contributed by atoms with Crippen LogP contribution in [-0.2, 0) is 24.8 Å². The van der Waals surface area contributed by atoms with Crippen LogP contribution in [0.15, 0.2) is 18.5 Å². The number of aromatic nitrogens is 5. The minimum Gasteiger partial charge on any atom is -0.339 e.